The Morgan fingerprint density at radius 3 is 2.52 bits per heavy atom. The van der Waals surface area contributed by atoms with Crippen molar-refractivity contribution in [3.05, 3.63) is 23.8 Å². The summed E-state index contributed by atoms with van der Waals surface area (Å²) in [7, 11) is 0. The number of ketones is 2. The number of fused-ring (bicyclic) bond motifs is 1. The highest BCUT2D eigenvalue weighted by atomic mass is 16.5. The van der Waals surface area contributed by atoms with Gasteiger partial charge in [-0.05, 0) is 100 Å². The zero-order chi connectivity index (χ0) is 22.2. The van der Waals surface area contributed by atoms with Crippen LogP contribution in [-0.4, -0.2) is 34.9 Å². The molecule has 2 bridgehead atoms. The second kappa shape index (κ2) is 6.63. The molecule has 1 saturated heterocycles. The SMILES string of the molecule is CC1(O)CCC2C(C)(CCC3C4(C)CCCC32COC4=O)C1CC1=CC(=O)C=CC1=O. The van der Waals surface area contributed by atoms with E-state index in [1.165, 1.54) is 18.2 Å². The molecule has 5 aliphatic rings. The molecule has 0 spiro atoms. The number of ether oxygens (including phenoxy) is 1. The number of carbonyl (C=O) groups is 3. The number of esters is 1. The molecule has 0 aromatic heterocycles. The van der Waals surface area contributed by atoms with Crippen LogP contribution in [0, 0.1) is 34.0 Å². The molecule has 4 aliphatic carbocycles. The first kappa shape index (κ1) is 21.1. The van der Waals surface area contributed by atoms with Gasteiger partial charge >= 0.3 is 5.97 Å². The molecular formula is C26H34O5. The Kier molecular flexibility index (Phi) is 4.52. The molecule has 3 saturated carbocycles. The fourth-order valence-corrected chi connectivity index (χ4v) is 8.70. The molecule has 7 atom stereocenters. The Bertz CT molecular complexity index is 913. The second-order valence-corrected chi connectivity index (χ2v) is 11.7. The monoisotopic (exact) mass is 426 g/mol. The first-order valence-corrected chi connectivity index (χ1v) is 11.9. The first-order valence-electron chi connectivity index (χ1n) is 11.9. The van der Waals surface area contributed by atoms with E-state index in [-0.39, 0.29) is 34.3 Å². The number of cyclic esters (lactones) is 1. The fourth-order valence-electron chi connectivity index (χ4n) is 8.70. The van der Waals surface area contributed by atoms with Gasteiger partial charge in [0.05, 0.1) is 17.6 Å². The minimum atomic E-state index is -0.899. The highest BCUT2D eigenvalue weighted by Gasteiger charge is 2.69. The summed E-state index contributed by atoms with van der Waals surface area (Å²) in [4.78, 5) is 37.2. The number of aliphatic hydroxyl groups is 1. The highest BCUT2D eigenvalue weighted by Crippen LogP contribution is 2.71. The predicted molar refractivity (Wildman–Crippen MR) is 115 cm³/mol. The zero-order valence-corrected chi connectivity index (χ0v) is 18.9. The van der Waals surface area contributed by atoms with Gasteiger partial charge in [0, 0.05) is 11.0 Å². The van der Waals surface area contributed by atoms with Crippen LogP contribution in [0.25, 0.3) is 0 Å². The molecule has 0 radical (unpaired) electrons. The van der Waals surface area contributed by atoms with Crippen LogP contribution in [0.4, 0.5) is 0 Å². The molecule has 1 heterocycles. The quantitative estimate of drug-likeness (QED) is 0.534. The van der Waals surface area contributed by atoms with Crippen LogP contribution in [0.2, 0.25) is 0 Å². The van der Waals surface area contributed by atoms with E-state index in [0.29, 0.717) is 36.9 Å². The van der Waals surface area contributed by atoms with Crippen molar-refractivity contribution in [2.75, 3.05) is 6.61 Å². The van der Waals surface area contributed by atoms with E-state index in [1.807, 2.05) is 6.92 Å². The summed E-state index contributed by atoms with van der Waals surface area (Å²) in [6.45, 7) is 6.79. The summed E-state index contributed by atoms with van der Waals surface area (Å²) in [5.74, 6) is 0.244. The van der Waals surface area contributed by atoms with Crippen LogP contribution in [-0.2, 0) is 19.1 Å². The maximum Gasteiger partial charge on any atom is 0.312 e. The maximum atomic E-state index is 12.8. The zero-order valence-electron chi connectivity index (χ0n) is 18.9. The van der Waals surface area contributed by atoms with E-state index >= 15 is 0 Å². The molecule has 7 unspecified atom stereocenters. The van der Waals surface area contributed by atoms with Gasteiger partial charge in [0.1, 0.15) is 0 Å². The van der Waals surface area contributed by atoms with Gasteiger partial charge in [-0.15, -0.1) is 0 Å². The van der Waals surface area contributed by atoms with Crippen molar-refractivity contribution in [3.8, 4) is 0 Å². The lowest BCUT2D eigenvalue weighted by Gasteiger charge is -2.69. The van der Waals surface area contributed by atoms with Crippen LogP contribution in [0.3, 0.4) is 0 Å². The largest absolute Gasteiger partial charge is 0.465 e. The van der Waals surface area contributed by atoms with E-state index in [1.54, 1.807) is 0 Å². The van der Waals surface area contributed by atoms with E-state index in [0.717, 1.165) is 38.5 Å². The van der Waals surface area contributed by atoms with Crippen LogP contribution in [0.5, 0.6) is 0 Å². The third-order valence-electron chi connectivity index (χ3n) is 10.1. The molecule has 5 nitrogen and oxygen atoms in total. The number of rotatable bonds is 2. The number of carbonyl (C=O) groups excluding carboxylic acids is 3. The molecule has 0 amide bonds. The Morgan fingerprint density at radius 1 is 1.00 bits per heavy atom. The van der Waals surface area contributed by atoms with E-state index in [9.17, 15) is 19.5 Å². The van der Waals surface area contributed by atoms with Crippen molar-refractivity contribution in [2.45, 2.75) is 77.7 Å². The van der Waals surface area contributed by atoms with Gasteiger partial charge in [-0.3, -0.25) is 14.4 Å². The highest BCUT2D eigenvalue weighted by molar-refractivity contribution is 6.17. The van der Waals surface area contributed by atoms with Crippen molar-refractivity contribution >= 4 is 17.5 Å². The topological polar surface area (TPSA) is 80.7 Å². The average molecular weight is 427 g/mol. The van der Waals surface area contributed by atoms with Gasteiger partial charge in [0.2, 0.25) is 0 Å². The summed E-state index contributed by atoms with van der Waals surface area (Å²) >= 11 is 0. The number of hydrogen-bond acceptors (Lipinski definition) is 5. The third kappa shape index (κ3) is 2.81. The minimum absolute atomic E-state index is 0.0287. The van der Waals surface area contributed by atoms with Gasteiger partial charge < -0.3 is 9.84 Å². The summed E-state index contributed by atoms with van der Waals surface area (Å²) in [5.41, 5.74) is -0.993. The summed E-state index contributed by atoms with van der Waals surface area (Å²) in [6.07, 6.45) is 11.0. The smallest absolute Gasteiger partial charge is 0.312 e. The lowest BCUT2D eigenvalue weighted by Crippen LogP contribution is -2.68. The lowest BCUT2D eigenvalue weighted by atomic mass is 9.37. The van der Waals surface area contributed by atoms with Crippen molar-refractivity contribution in [1.29, 1.82) is 0 Å². The molecule has 5 rings (SSSR count). The molecule has 5 heteroatoms. The van der Waals surface area contributed by atoms with Crippen LogP contribution >= 0.6 is 0 Å². The normalized spacial score (nSPS) is 49.1. The lowest BCUT2D eigenvalue weighted by molar-refractivity contribution is -0.256. The van der Waals surface area contributed by atoms with Crippen LogP contribution in [0.1, 0.15) is 72.1 Å². The second-order valence-electron chi connectivity index (χ2n) is 11.7. The first-order chi connectivity index (χ1) is 14.5. The van der Waals surface area contributed by atoms with Gasteiger partial charge in [-0.25, -0.2) is 0 Å². The fraction of sp³-hybridized carbons (Fsp3) is 0.731. The summed E-state index contributed by atoms with van der Waals surface area (Å²) < 4.78 is 5.85. The van der Waals surface area contributed by atoms with Gasteiger partial charge in [0.25, 0.3) is 0 Å². The number of hydrogen-bond donors (Lipinski definition) is 1. The van der Waals surface area contributed by atoms with E-state index in [4.69, 9.17) is 4.74 Å². The van der Waals surface area contributed by atoms with E-state index in [2.05, 4.69) is 13.8 Å². The van der Waals surface area contributed by atoms with Crippen molar-refractivity contribution in [1.82, 2.24) is 0 Å². The molecule has 168 valence electrons. The Hall–Kier alpha value is -1.75. The maximum absolute atomic E-state index is 12.8. The molecule has 1 N–H and O–H groups in total. The number of allylic oxidation sites excluding steroid dienone is 4. The minimum Gasteiger partial charge on any atom is -0.465 e. The van der Waals surface area contributed by atoms with Crippen LogP contribution < -0.4 is 0 Å². The summed E-state index contributed by atoms with van der Waals surface area (Å²) in [5, 5.41) is 11.5. The molecule has 31 heavy (non-hydrogen) atoms. The van der Waals surface area contributed by atoms with E-state index < -0.39 is 11.0 Å². The summed E-state index contributed by atoms with van der Waals surface area (Å²) in [6, 6.07) is 0. The Balaban J connectivity index is 1.54. The van der Waals surface area contributed by atoms with Crippen molar-refractivity contribution in [2.24, 2.45) is 34.0 Å². The third-order valence-corrected chi connectivity index (χ3v) is 10.1. The Morgan fingerprint density at radius 2 is 1.74 bits per heavy atom. The molecule has 0 aromatic rings. The average Bonchev–Trinajstić information content (AvgIpc) is 2.70. The Labute approximate surface area is 184 Å². The van der Waals surface area contributed by atoms with Crippen molar-refractivity contribution < 1.29 is 24.2 Å². The standard InChI is InChI=1S/C26H34O5/c1-23-11-7-20-24(2)9-4-10-26(20,15-31-22(24)29)19(23)8-12-25(3,30)21(23)14-16-13-17(27)5-6-18(16)28/h5-6,13,19-21,30H,4,7-12,14-15H2,1-3H3. The predicted octanol–water partition coefficient (Wildman–Crippen LogP) is 3.94. The van der Waals surface area contributed by atoms with Gasteiger partial charge in [-0.2, -0.15) is 0 Å². The molecule has 0 aromatic carbocycles. The molecule has 4 fully saturated rings. The van der Waals surface area contributed by atoms with Crippen LogP contribution in [0.15, 0.2) is 23.8 Å². The molecule has 1 aliphatic heterocycles. The van der Waals surface area contributed by atoms with Gasteiger partial charge in [0.15, 0.2) is 11.6 Å². The molecular weight excluding hydrogens is 392 g/mol. The van der Waals surface area contributed by atoms with Gasteiger partial charge in [-0.1, -0.05) is 13.3 Å². The van der Waals surface area contributed by atoms with Crippen molar-refractivity contribution in [3.63, 3.8) is 0 Å².